The predicted molar refractivity (Wildman–Crippen MR) is 49.8 cm³/mol. The highest BCUT2D eigenvalue weighted by atomic mass is 16.1. The molecule has 1 aromatic rings. The van der Waals surface area contributed by atoms with Crippen LogP contribution in [0.1, 0.15) is 48.2 Å². The van der Waals surface area contributed by atoms with Crippen LogP contribution in [0.5, 0.6) is 0 Å². The van der Waals surface area contributed by atoms with Gasteiger partial charge in [-0.25, -0.2) is 0 Å². The number of carbonyl (C=O) groups excluding carboxylic acids is 1. The zero-order valence-corrected chi connectivity index (χ0v) is 8.08. The predicted octanol–water partition coefficient (Wildman–Crippen LogP) is 1.89. The van der Waals surface area contributed by atoms with E-state index in [1.807, 2.05) is 13.2 Å². The van der Waals surface area contributed by atoms with E-state index in [-0.39, 0.29) is 5.78 Å². The van der Waals surface area contributed by atoms with Gasteiger partial charge in [0.1, 0.15) is 0 Å². The summed E-state index contributed by atoms with van der Waals surface area (Å²) in [6, 6.07) is 0. The lowest BCUT2D eigenvalue weighted by Crippen LogP contribution is -2.12. The molecule has 0 bridgehead atoms. The first-order valence-electron chi connectivity index (χ1n) is 4.73. The molecule has 1 heterocycles. The zero-order chi connectivity index (χ0) is 9.42. The molecule has 3 nitrogen and oxygen atoms in total. The van der Waals surface area contributed by atoms with Gasteiger partial charge in [-0.3, -0.25) is 9.48 Å². The third kappa shape index (κ3) is 1.39. The van der Waals surface area contributed by atoms with Crippen molar-refractivity contribution in [3.8, 4) is 0 Å². The molecule has 0 N–H and O–H groups in total. The Balaban J connectivity index is 2.36. The van der Waals surface area contributed by atoms with E-state index in [0.717, 1.165) is 11.3 Å². The fourth-order valence-electron chi connectivity index (χ4n) is 1.76. The van der Waals surface area contributed by atoms with Crippen molar-refractivity contribution in [2.45, 2.75) is 32.1 Å². The highest BCUT2D eigenvalue weighted by Crippen LogP contribution is 2.36. The summed E-state index contributed by atoms with van der Waals surface area (Å²) in [5, 5.41) is 4.35. The molecular formula is C10H14N2O. The van der Waals surface area contributed by atoms with Gasteiger partial charge in [-0.2, -0.15) is 5.10 Å². The molecule has 1 fully saturated rings. The molecule has 0 aliphatic heterocycles. The molecule has 13 heavy (non-hydrogen) atoms. The Bertz CT molecular complexity index is 337. The van der Waals surface area contributed by atoms with E-state index in [9.17, 15) is 4.79 Å². The fourth-order valence-corrected chi connectivity index (χ4v) is 1.76. The van der Waals surface area contributed by atoms with Gasteiger partial charge in [0.05, 0.1) is 11.3 Å². The van der Waals surface area contributed by atoms with Gasteiger partial charge >= 0.3 is 0 Å². The average Bonchev–Trinajstić information content (AvgIpc) is 2.27. The van der Waals surface area contributed by atoms with Gasteiger partial charge in [0, 0.05) is 19.2 Å². The largest absolute Gasteiger partial charge is 0.294 e. The second kappa shape index (κ2) is 2.98. The van der Waals surface area contributed by atoms with Gasteiger partial charge in [0.2, 0.25) is 0 Å². The molecule has 0 saturated heterocycles. The maximum absolute atomic E-state index is 11.3. The van der Waals surface area contributed by atoms with Gasteiger partial charge in [-0.05, 0) is 19.8 Å². The summed E-state index contributed by atoms with van der Waals surface area (Å²) in [5.74, 6) is 0.676. The van der Waals surface area contributed by atoms with Crippen molar-refractivity contribution >= 4 is 5.78 Å². The smallest absolute Gasteiger partial charge is 0.163 e. The molecule has 1 saturated carbocycles. The van der Waals surface area contributed by atoms with Crippen LogP contribution >= 0.6 is 0 Å². The van der Waals surface area contributed by atoms with Gasteiger partial charge < -0.3 is 0 Å². The highest BCUT2D eigenvalue weighted by molar-refractivity contribution is 5.95. The molecule has 1 aliphatic carbocycles. The van der Waals surface area contributed by atoms with E-state index >= 15 is 0 Å². The monoisotopic (exact) mass is 178 g/mol. The number of hydrogen-bond donors (Lipinski definition) is 0. The normalized spacial score (nSPS) is 17.1. The SMILES string of the molecule is CC(=O)c1cn(C)nc1C1CCC1. The van der Waals surface area contributed by atoms with Crippen LogP contribution in [0.15, 0.2) is 6.20 Å². The van der Waals surface area contributed by atoms with E-state index in [1.165, 1.54) is 19.3 Å². The number of aromatic nitrogens is 2. The first kappa shape index (κ1) is 8.48. The first-order chi connectivity index (χ1) is 6.18. The maximum atomic E-state index is 11.3. The molecule has 2 rings (SSSR count). The van der Waals surface area contributed by atoms with E-state index in [2.05, 4.69) is 5.10 Å². The highest BCUT2D eigenvalue weighted by Gasteiger charge is 2.26. The molecule has 1 aliphatic rings. The quantitative estimate of drug-likeness (QED) is 0.648. The number of Topliss-reactive ketones (excluding diaryl/α,β-unsaturated/α-hetero) is 1. The van der Waals surface area contributed by atoms with Crippen LogP contribution in [0, 0.1) is 0 Å². The molecule has 0 spiro atoms. The minimum Gasteiger partial charge on any atom is -0.294 e. The van der Waals surface area contributed by atoms with Crippen molar-refractivity contribution in [3.05, 3.63) is 17.5 Å². The van der Waals surface area contributed by atoms with E-state index in [4.69, 9.17) is 0 Å². The van der Waals surface area contributed by atoms with Crippen LogP contribution in [-0.2, 0) is 7.05 Å². The van der Waals surface area contributed by atoms with E-state index in [0.29, 0.717) is 5.92 Å². The third-order valence-electron chi connectivity index (χ3n) is 2.73. The molecule has 0 atom stereocenters. The number of carbonyl (C=O) groups is 1. The number of nitrogens with zero attached hydrogens (tertiary/aromatic N) is 2. The van der Waals surface area contributed by atoms with Crippen molar-refractivity contribution in [2.75, 3.05) is 0 Å². The Morgan fingerprint density at radius 3 is 2.77 bits per heavy atom. The molecular weight excluding hydrogens is 164 g/mol. The van der Waals surface area contributed by atoms with Gasteiger partial charge in [0.15, 0.2) is 5.78 Å². The van der Waals surface area contributed by atoms with Crippen molar-refractivity contribution in [2.24, 2.45) is 7.05 Å². The Hall–Kier alpha value is -1.12. The van der Waals surface area contributed by atoms with Crippen molar-refractivity contribution in [3.63, 3.8) is 0 Å². The minimum atomic E-state index is 0.134. The van der Waals surface area contributed by atoms with Crippen LogP contribution in [0.3, 0.4) is 0 Å². The minimum absolute atomic E-state index is 0.134. The third-order valence-corrected chi connectivity index (χ3v) is 2.73. The topological polar surface area (TPSA) is 34.9 Å². The van der Waals surface area contributed by atoms with E-state index in [1.54, 1.807) is 11.6 Å². The number of aryl methyl sites for hydroxylation is 1. The molecule has 0 radical (unpaired) electrons. The van der Waals surface area contributed by atoms with Crippen LogP contribution in [0.2, 0.25) is 0 Å². The summed E-state index contributed by atoms with van der Waals surface area (Å²) in [7, 11) is 1.87. The molecule has 1 aromatic heterocycles. The lowest BCUT2D eigenvalue weighted by Gasteiger charge is -2.23. The second-order valence-corrected chi connectivity index (χ2v) is 3.79. The van der Waals surface area contributed by atoms with Gasteiger partial charge in [-0.1, -0.05) is 6.42 Å². The molecule has 0 amide bonds. The Morgan fingerprint density at radius 1 is 1.62 bits per heavy atom. The lowest BCUT2D eigenvalue weighted by molar-refractivity contribution is 0.101. The summed E-state index contributed by atoms with van der Waals surface area (Å²) in [4.78, 5) is 11.3. The fraction of sp³-hybridized carbons (Fsp3) is 0.600. The van der Waals surface area contributed by atoms with E-state index < -0.39 is 0 Å². The zero-order valence-electron chi connectivity index (χ0n) is 8.08. The van der Waals surface area contributed by atoms with Crippen molar-refractivity contribution in [1.29, 1.82) is 0 Å². The Kier molecular flexibility index (Phi) is 1.94. The van der Waals surface area contributed by atoms with Crippen LogP contribution in [0.25, 0.3) is 0 Å². The van der Waals surface area contributed by atoms with Crippen LogP contribution < -0.4 is 0 Å². The summed E-state index contributed by atoms with van der Waals surface area (Å²) in [5.41, 5.74) is 1.83. The summed E-state index contributed by atoms with van der Waals surface area (Å²) in [6.45, 7) is 1.61. The molecule has 3 heteroatoms. The summed E-state index contributed by atoms with van der Waals surface area (Å²) < 4.78 is 1.74. The van der Waals surface area contributed by atoms with Crippen LogP contribution in [-0.4, -0.2) is 15.6 Å². The van der Waals surface area contributed by atoms with Crippen molar-refractivity contribution in [1.82, 2.24) is 9.78 Å². The number of rotatable bonds is 2. The van der Waals surface area contributed by atoms with Crippen LogP contribution in [0.4, 0.5) is 0 Å². The first-order valence-corrected chi connectivity index (χ1v) is 4.73. The summed E-state index contributed by atoms with van der Waals surface area (Å²) >= 11 is 0. The summed E-state index contributed by atoms with van der Waals surface area (Å²) in [6.07, 6.45) is 5.49. The number of hydrogen-bond acceptors (Lipinski definition) is 2. The molecule has 70 valence electrons. The number of ketones is 1. The maximum Gasteiger partial charge on any atom is 0.163 e. The Labute approximate surface area is 77.7 Å². The van der Waals surface area contributed by atoms with Gasteiger partial charge in [0.25, 0.3) is 0 Å². The van der Waals surface area contributed by atoms with Crippen molar-refractivity contribution < 1.29 is 4.79 Å². The average molecular weight is 178 g/mol. The van der Waals surface area contributed by atoms with Gasteiger partial charge in [-0.15, -0.1) is 0 Å². The second-order valence-electron chi connectivity index (χ2n) is 3.79. The lowest BCUT2D eigenvalue weighted by atomic mass is 9.81. The molecule has 0 unspecified atom stereocenters. The standard InChI is InChI=1S/C10H14N2O/c1-7(13)9-6-12(2)11-10(9)8-4-3-5-8/h6,8H,3-5H2,1-2H3. The Morgan fingerprint density at radius 2 is 2.31 bits per heavy atom. The molecule has 0 aromatic carbocycles.